The Morgan fingerprint density at radius 2 is 1.84 bits per heavy atom. The summed E-state index contributed by atoms with van der Waals surface area (Å²) in [5, 5.41) is 6.30. The summed E-state index contributed by atoms with van der Waals surface area (Å²) in [5.74, 6) is -0.0150. The Balaban J connectivity index is 1.60. The van der Waals surface area contributed by atoms with Crippen molar-refractivity contribution in [3.05, 3.63) is 58.6 Å². The topological polar surface area (TPSA) is 61.4 Å². The van der Waals surface area contributed by atoms with E-state index in [0.29, 0.717) is 11.6 Å². The van der Waals surface area contributed by atoms with Crippen LogP contribution < -0.4 is 15.5 Å². The quantitative estimate of drug-likeness (QED) is 0.875. The van der Waals surface area contributed by atoms with E-state index in [0.717, 1.165) is 16.9 Å². The highest BCUT2D eigenvalue weighted by Gasteiger charge is 2.31. The number of benzene rings is 2. The van der Waals surface area contributed by atoms with Gasteiger partial charge in [0.25, 0.3) is 0 Å². The van der Waals surface area contributed by atoms with Crippen molar-refractivity contribution in [2.24, 2.45) is 0 Å². The molecule has 25 heavy (non-hydrogen) atoms. The van der Waals surface area contributed by atoms with Gasteiger partial charge in [-0.1, -0.05) is 17.7 Å². The Bertz CT molecular complexity index is 805. The summed E-state index contributed by atoms with van der Waals surface area (Å²) in [6.45, 7) is 4.47. The third-order valence-electron chi connectivity index (χ3n) is 4.36. The van der Waals surface area contributed by atoms with Gasteiger partial charge in [-0.25, -0.2) is 4.79 Å². The summed E-state index contributed by atoms with van der Waals surface area (Å²) in [7, 11) is 0. The highest BCUT2D eigenvalue weighted by atomic mass is 35.5. The molecule has 1 aliphatic heterocycles. The first-order chi connectivity index (χ1) is 11.9. The number of amides is 3. The van der Waals surface area contributed by atoms with Crippen LogP contribution in [0, 0.1) is 13.8 Å². The third-order valence-corrected chi connectivity index (χ3v) is 4.62. The maximum absolute atomic E-state index is 12.2. The molecule has 1 heterocycles. The lowest BCUT2D eigenvalue weighted by Gasteiger charge is -2.17. The number of carbonyl (C=O) groups excluding carboxylic acids is 2. The number of halogens is 1. The molecule has 1 aliphatic rings. The number of carbonyl (C=O) groups is 2. The Morgan fingerprint density at radius 1 is 1.12 bits per heavy atom. The number of aryl methyl sites for hydroxylation is 2. The molecule has 1 saturated heterocycles. The molecule has 2 N–H and O–H groups in total. The summed E-state index contributed by atoms with van der Waals surface area (Å²) in [6, 6.07) is 12.3. The van der Waals surface area contributed by atoms with Gasteiger partial charge in [-0.3, -0.25) is 4.79 Å². The Labute approximate surface area is 152 Å². The van der Waals surface area contributed by atoms with Crippen molar-refractivity contribution < 1.29 is 9.59 Å². The van der Waals surface area contributed by atoms with Gasteiger partial charge in [-0.05, 0) is 61.4 Å². The van der Waals surface area contributed by atoms with E-state index in [-0.39, 0.29) is 24.4 Å². The van der Waals surface area contributed by atoms with E-state index in [1.54, 1.807) is 29.2 Å². The molecule has 0 saturated carbocycles. The van der Waals surface area contributed by atoms with Gasteiger partial charge in [-0.2, -0.15) is 0 Å². The van der Waals surface area contributed by atoms with Crippen LogP contribution >= 0.6 is 11.6 Å². The average molecular weight is 358 g/mol. The van der Waals surface area contributed by atoms with Crippen LogP contribution in [0.15, 0.2) is 42.5 Å². The molecule has 2 aromatic rings. The highest BCUT2D eigenvalue weighted by Crippen LogP contribution is 2.23. The van der Waals surface area contributed by atoms with Crippen molar-refractivity contribution in [2.75, 3.05) is 16.8 Å². The monoisotopic (exact) mass is 357 g/mol. The SMILES string of the molecule is Cc1ccc(NC(=O)N[C@H]2CC(=O)N(c3ccc(Cl)cc3)C2)cc1C. The largest absolute Gasteiger partial charge is 0.333 e. The van der Waals surface area contributed by atoms with E-state index in [1.807, 2.05) is 32.0 Å². The molecule has 0 bridgehead atoms. The first-order valence-electron chi connectivity index (χ1n) is 8.13. The first kappa shape index (κ1) is 17.3. The Morgan fingerprint density at radius 3 is 2.52 bits per heavy atom. The molecular weight excluding hydrogens is 338 g/mol. The number of rotatable bonds is 3. The molecule has 2 aromatic carbocycles. The smallest absolute Gasteiger partial charge is 0.319 e. The molecule has 1 fully saturated rings. The van der Waals surface area contributed by atoms with Crippen LogP contribution in [-0.4, -0.2) is 24.5 Å². The van der Waals surface area contributed by atoms with Crippen LogP contribution in [0.1, 0.15) is 17.5 Å². The van der Waals surface area contributed by atoms with Crippen molar-refractivity contribution >= 4 is 34.9 Å². The van der Waals surface area contributed by atoms with Gasteiger partial charge in [-0.15, -0.1) is 0 Å². The Hall–Kier alpha value is -2.53. The van der Waals surface area contributed by atoms with Gasteiger partial charge in [0.1, 0.15) is 0 Å². The minimum Gasteiger partial charge on any atom is -0.333 e. The molecule has 3 rings (SSSR count). The van der Waals surface area contributed by atoms with Gasteiger partial charge in [0.2, 0.25) is 5.91 Å². The number of hydrogen-bond donors (Lipinski definition) is 2. The molecule has 0 spiro atoms. The maximum atomic E-state index is 12.2. The van der Waals surface area contributed by atoms with Crippen molar-refractivity contribution in [2.45, 2.75) is 26.3 Å². The van der Waals surface area contributed by atoms with Crippen LogP contribution in [0.25, 0.3) is 0 Å². The minimum absolute atomic E-state index is 0.0150. The second-order valence-corrected chi connectivity index (χ2v) is 6.72. The van der Waals surface area contributed by atoms with Gasteiger partial charge in [0.15, 0.2) is 0 Å². The lowest BCUT2D eigenvalue weighted by atomic mass is 10.1. The zero-order chi connectivity index (χ0) is 18.0. The molecule has 130 valence electrons. The summed E-state index contributed by atoms with van der Waals surface area (Å²) < 4.78 is 0. The van der Waals surface area contributed by atoms with Crippen LogP contribution in [0.3, 0.4) is 0 Å². The average Bonchev–Trinajstić information content (AvgIpc) is 2.92. The van der Waals surface area contributed by atoms with Crippen LogP contribution in [0.4, 0.5) is 16.2 Å². The van der Waals surface area contributed by atoms with E-state index in [2.05, 4.69) is 10.6 Å². The van der Waals surface area contributed by atoms with Gasteiger partial charge in [0.05, 0.1) is 6.04 Å². The lowest BCUT2D eigenvalue weighted by Crippen LogP contribution is -2.39. The van der Waals surface area contributed by atoms with Crippen molar-refractivity contribution in [3.8, 4) is 0 Å². The predicted molar refractivity (Wildman–Crippen MR) is 100 cm³/mol. The number of hydrogen-bond acceptors (Lipinski definition) is 2. The summed E-state index contributed by atoms with van der Waals surface area (Å²) in [4.78, 5) is 26.1. The molecule has 5 nitrogen and oxygen atoms in total. The lowest BCUT2D eigenvalue weighted by molar-refractivity contribution is -0.117. The molecule has 0 aromatic heterocycles. The zero-order valence-electron chi connectivity index (χ0n) is 14.2. The summed E-state index contributed by atoms with van der Waals surface area (Å²) >= 11 is 5.88. The molecule has 1 atom stereocenters. The highest BCUT2D eigenvalue weighted by molar-refractivity contribution is 6.30. The molecule has 6 heteroatoms. The standard InChI is InChI=1S/C19H20ClN3O2/c1-12-3-6-15(9-13(12)2)21-19(25)22-16-10-18(24)23(11-16)17-7-4-14(20)5-8-17/h3-9,16H,10-11H2,1-2H3,(H2,21,22,25)/t16-/m0/s1. The molecule has 0 unspecified atom stereocenters. The maximum Gasteiger partial charge on any atom is 0.319 e. The van der Waals surface area contributed by atoms with Crippen LogP contribution in [0.2, 0.25) is 5.02 Å². The Kier molecular flexibility index (Phi) is 4.95. The van der Waals surface area contributed by atoms with E-state index < -0.39 is 0 Å². The fourth-order valence-electron chi connectivity index (χ4n) is 2.85. The summed E-state index contributed by atoms with van der Waals surface area (Å²) in [6.07, 6.45) is 0.281. The summed E-state index contributed by atoms with van der Waals surface area (Å²) in [5.41, 5.74) is 3.81. The normalized spacial score (nSPS) is 16.8. The molecular formula is C19H20ClN3O2. The van der Waals surface area contributed by atoms with Gasteiger partial charge < -0.3 is 15.5 Å². The van der Waals surface area contributed by atoms with Crippen molar-refractivity contribution in [1.29, 1.82) is 0 Å². The van der Waals surface area contributed by atoms with Gasteiger partial charge in [0, 0.05) is 29.4 Å². The van der Waals surface area contributed by atoms with Crippen molar-refractivity contribution in [3.63, 3.8) is 0 Å². The molecule has 0 aliphatic carbocycles. The van der Waals surface area contributed by atoms with Crippen LogP contribution in [0.5, 0.6) is 0 Å². The fraction of sp³-hybridized carbons (Fsp3) is 0.263. The predicted octanol–water partition coefficient (Wildman–Crippen LogP) is 3.88. The molecule has 0 radical (unpaired) electrons. The van der Waals surface area contributed by atoms with E-state index in [4.69, 9.17) is 11.6 Å². The number of nitrogens with one attached hydrogen (secondary N) is 2. The van der Waals surface area contributed by atoms with Gasteiger partial charge >= 0.3 is 6.03 Å². The number of anilines is 2. The minimum atomic E-state index is -0.306. The number of nitrogens with zero attached hydrogens (tertiary/aromatic N) is 1. The van der Waals surface area contributed by atoms with E-state index in [1.165, 1.54) is 5.56 Å². The third kappa shape index (κ3) is 4.12. The fourth-order valence-corrected chi connectivity index (χ4v) is 2.97. The number of urea groups is 1. The zero-order valence-corrected chi connectivity index (χ0v) is 14.9. The first-order valence-corrected chi connectivity index (χ1v) is 8.51. The second kappa shape index (κ2) is 7.15. The van der Waals surface area contributed by atoms with E-state index >= 15 is 0 Å². The van der Waals surface area contributed by atoms with E-state index in [9.17, 15) is 9.59 Å². The second-order valence-electron chi connectivity index (χ2n) is 6.28. The van der Waals surface area contributed by atoms with Crippen molar-refractivity contribution in [1.82, 2.24) is 5.32 Å². The molecule has 3 amide bonds. The van der Waals surface area contributed by atoms with Crippen LogP contribution in [-0.2, 0) is 4.79 Å².